The van der Waals surface area contributed by atoms with Crippen molar-refractivity contribution in [1.82, 2.24) is 41.0 Å². The summed E-state index contributed by atoms with van der Waals surface area (Å²) < 4.78 is 10.9. The van der Waals surface area contributed by atoms with Crippen LogP contribution in [0.3, 0.4) is 0 Å². The number of hydrogen-bond acceptors (Lipinski definition) is 14. The Labute approximate surface area is 459 Å². The number of aromatic nitrogens is 2. The lowest BCUT2D eigenvalue weighted by atomic mass is 9.84. The lowest BCUT2D eigenvalue weighted by molar-refractivity contribution is -0.147. The molecule has 0 unspecified atom stereocenters. The van der Waals surface area contributed by atoms with Gasteiger partial charge in [0.25, 0.3) is 0 Å². The molecular weight excluding hydrogens is 1000 g/mol. The van der Waals surface area contributed by atoms with E-state index in [0.29, 0.717) is 0 Å². The number of likely N-dealkylation sites (tertiary alicyclic amines) is 2. The molecule has 2 aliphatic heterocycles. The minimum Gasteiger partial charge on any atom is -0.461 e. The van der Waals surface area contributed by atoms with Gasteiger partial charge in [-0.2, -0.15) is 0 Å². The van der Waals surface area contributed by atoms with Gasteiger partial charge in [0.2, 0.25) is 23.6 Å². The first kappa shape index (κ1) is 61.3. The number of carbonyl (C=O) groups excluding carboxylic acids is 6. The highest BCUT2D eigenvalue weighted by molar-refractivity contribution is 7.13. The number of hydrogen-bond donors (Lipinski definition) is 4. The molecule has 2 saturated heterocycles. The van der Waals surface area contributed by atoms with Gasteiger partial charge >= 0.3 is 11.9 Å². The first-order valence-corrected chi connectivity index (χ1v) is 28.0. The Balaban J connectivity index is 0.000000281. The molecule has 0 spiro atoms. The molecule has 416 valence electrons. The summed E-state index contributed by atoms with van der Waals surface area (Å²) >= 11 is 3.20. The zero-order chi connectivity index (χ0) is 56.8. The second-order valence-corrected chi connectivity index (χ2v) is 26.3. The van der Waals surface area contributed by atoms with Crippen LogP contribution in [0, 0.1) is 24.7 Å². The predicted octanol–water partition coefficient (Wildman–Crippen LogP) is 9.26. The smallest absolute Gasteiger partial charge is 0.302 e. The maximum absolute atomic E-state index is 13.9. The number of aryl methyl sites for hydroxylation is 2. The Hall–Kier alpha value is -5.56. The van der Waals surface area contributed by atoms with Crippen LogP contribution in [0.15, 0.2) is 59.6 Å². The minimum atomic E-state index is -0.736. The van der Waals surface area contributed by atoms with Crippen LogP contribution in [0.2, 0.25) is 0 Å². The molecule has 2 aromatic carbocycles. The van der Waals surface area contributed by atoms with E-state index in [0.717, 1.165) is 43.4 Å². The van der Waals surface area contributed by atoms with Gasteiger partial charge in [0.1, 0.15) is 24.3 Å². The third-order valence-corrected chi connectivity index (χ3v) is 15.3. The van der Waals surface area contributed by atoms with E-state index in [2.05, 4.69) is 31.2 Å². The van der Waals surface area contributed by atoms with Crippen molar-refractivity contribution in [3.8, 4) is 20.9 Å². The largest absolute Gasteiger partial charge is 0.461 e. The number of benzene rings is 2. The third-order valence-electron chi connectivity index (χ3n) is 13.3. The third kappa shape index (κ3) is 16.7. The molecule has 4 aromatic rings. The van der Waals surface area contributed by atoms with Crippen molar-refractivity contribution in [2.45, 2.75) is 197 Å². The van der Waals surface area contributed by atoms with E-state index in [4.69, 9.17) is 9.47 Å². The van der Waals surface area contributed by atoms with E-state index in [1.165, 1.54) is 13.8 Å². The molecule has 0 radical (unpaired) electrons. The van der Waals surface area contributed by atoms with Crippen molar-refractivity contribution in [3.63, 3.8) is 0 Å². The number of rotatable bonds is 14. The lowest BCUT2D eigenvalue weighted by Gasteiger charge is -2.39. The first-order chi connectivity index (χ1) is 35.1. The van der Waals surface area contributed by atoms with Crippen molar-refractivity contribution in [3.05, 3.63) is 82.1 Å². The van der Waals surface area contributed by atoms with Gasteiger partial charge in [-0.05, 0) is 102 Å². The zero-order valence-corrected chi connectivity index (χ0v) is 49.7. The monoisotopic (exact) mass is 1080 g/mol. The van der Waals surface area contributed by atoms with Crippen molar-refractivity contribution in [2.24, 2.45) is 10.8 Å². The summed E-state index contributed by atoms with van der Waals surface area (Å²) in [5.74, 6) is -1.70. The van der Waals surface area contributed by atoms with Gasteiger partial charge in [-0.1, -0.05) is 90.1 Å². The maximum Gasteiger partial charge on any atom is 0.302 e. The Morgan fingerprint density at radius 2 is 0.868 bits per heavy atom. The molecular formula is C58H84N8O8S2. The Bertz CT molecular complexity index is 2470. The van der Waals surface area contributed by atoms with E-state index < -0.39 is 59.1 Å². The average molecular weight is 1090 g/mol. The summed E-state index contributed by atoms with van der Waals surface area (Å²) in [5.41, 5.74) is 8.34. The Morgan fingerprint density at radius 3 is 1.12 bits per heavy atom. The Kier molecular flexibility index (Phi) is 20.0. The summed E-state index contributed by atoms with van der Waals surface area (Å²) in [7, 11) is 0. The van der Waals surface area contributed by atoms with Gasteiger partial charge in [-0.25, -0.2) is 9.97 Å². The summed E-state index contributed by atoms with van der Waals surface area (Å²) in [6.45, 7) is 35.0. The van der Waals surface area contributed by atoms with Crippen molar-refractivity contribution in [2.75, 3.05) is 13.1 Å². The molecule has 8 atom stereocenters. The first-order valence-electron chi connectivity index (χ1n) is 26.3. The summed E-state index contributed by atoms with van der Waals surface area (Å²) in [5, 5.41) is 13.1. The van der Waals surface area contributed by atoms with Crippen molar-refractivity contribution >= 4 is 58.2 Å². The van der Waals surface area contributed by atoms with Gasteiger partial charge in [-0.3, -0.25) is 28.8 Å². The molecule has 4 amide bonds. The molecule has 4 heterocycles. The quantitative estimate of drug-likeness (QED) is 0.0874. The number of esters is 2. The van der Waals surface area contributed by atoms with Gasteiger partial charge in [0.15, 0.2) is 0 Å². The highest BCUT2D eigenvalue weighted by atomic mass is 32.1. The molecule has 0 bridgehead atoms. The SMILES string of the molecule is CC(=O)O[C@@H]1C[C@@H](C(=O)N[C@@H](C)c2ccc(-c3scnc3C)cc2)N(C(=O)[C@@H](NC(C)(C)C)C(C)(C)C)C1.CC(=O)O[C@@H]1C[C@@H](C(=O)N[C@H](C)c2ccc(-c3scnc3C)cc2)N(C(=O)[C@@H](NC(C)(C)C)C(C)(C)C)C1. The van der Waals surface area contributed by atoms with E-state index in [1.807, 2.05) is 170 Å². The van der Waals surface area contributed by atoms with E-state index in [1.54, 1.807) is 32.5 Å². The number of thiazole rings is 2. The standard InChI is InChI=1S/2C29H42N4O4S/c2*1-17(20-10-12-21(13-11-20)24-18(2)30-16-38-24)31-26(35)23-14-22(37-19(3)34)15-33(23)27(36)25(28(4,5)6)32-29(7,8)9/h2*10-13,16-17,22-23,25,32H,14-15H2,1-9H3,(H,31,35)/t17-,22+,23-,25+;17-,22-,23+,25-/m01/s1. The fraction of sp³-hybridized carbons (Fsp3) is 0.586. The van der Waals surface area contributed by atoms with Crippen LogP contribution in [-0.2, 0) is 38.2 Å². The van der Waals surface area contributed by atoms with E-state index in [-0.39, 0.29) is 72.7 Å². The average Bonchev–Trinajstić information content (AvgIpc) is 4.13. The molecule has 76 heavy (non-hydrogen) atoms. The van der Waals surface area contributed by atoms with Crippen LogP contribution < -0.4 is 21.3 Å². The predicted molar refractivity (Wildman–Crippen MR) is 301 cm³/mol. The fourth-order valence-electron chi connectivity index (χ4n) is 9.50. The maximum atomic E-state index is 13.9. The summed E-state index contributed by atoms with van der Waals surface area (Å²) in [4.78, 5) is 92.3. The molecule has 0 aliphatic carbocycles. The molecule has 6 rings (SSSR count). The second-order valence-electron chi connectivity index (χ2n) is 24.6. The highest BCUT2D eigenvalue weighted by Crippen LogP contribution is 2.33. The molecule has 16 nitrogen and oxygen atoms in total. The fourth-order valence-corrected chi connectivity index (χ4v) is 11.1. The molecule has 2 aromatic heterocycles. The number of ether oxygens (including phenoxy) is 2. The number of nitrogens with one attached hydrogen (secondary N) is 4. The normalized spacial score (nSPS) is 19.7. The van der Waals surface area contributed by atoms with Crippen LogP contribution in [-0.4, -0.2) is 116 Å². The number of amides is 4. The highest BCUT2D eigenvalue weighted by Gasteiger charge is 2.48. The second kappa shape index (κ2) is 24.8. The molecule has 2 aliphatic rings. The van der Waals surface area contributed by atoms with E-state index in [9.17, 15) is 28.8 Å². The minimum absolute atomic E-state index is 0.167. The zero-order valence-electron chi connectivity index (χ0n) is 48.1. The lowest BCUT2D eigenvalue weighted by Crippen LogP contribution is -2.60. The van der Waals surface area contributed by atoms with Gasteiger partial charge in [-0.15, -0.1) is 22.7 Å². The van der Waals surface area contributed by atoms with Crippen LogP contribution in [0.25, 0.3) is 20.9 Å². The van der Waals surface area contributed by atoms with Crippen LogP contribution in [0.4, 0.5) is 0 Å². The molecule has 18 heteroatoms. The number of carbonyl (C=O) groups is 6. The van der Waals surface area contributed by atoms with Crippen molar-refractivity contribution in [1.29, 1.82) is 0 Å². The van der Waals surface area contributed by atoms with Gasteiger partial charge in [0.05, 0.1) is 69.4 Å². The van der Waals surface area contributed by atoms with Crippen LogP contribution in [0.5, 0.6) is 0 Å². The topological polar surface area (TPSA) is 201 Å². The Morgan fingerprint density at radius 1 is 0.553 bits per heavy atom. The molecule has 2 fully saturated rings. The van der Waals surface area contributed by atoms with Crippen LogP contribution >= 0.6 is 22.7 Å². The van der Waals surface area contributed by atoms with Gasteiger partial charge in [0, 0.05) is 37.8 Å². The molecule has 4 N–H and O–H groups in total. The summed E-state index contributed by atoms with van der Waals surface area (Å²) in [6, 6.07) is 13.1. The van der Waals surface area contributed by atoms with E-state index >= 15 is 0 Å². The van der Waals surface area contributed by atoms with Crippen LogP contribution in [0.1, 0.15) is 158 Å². The van der Waals surface area contributed by atoms with Crippen molar-refractivity contribution < 1.29 is 38.2 Å². The van der Waals surface area contributed by atoms with Gasteiger partial charge < -0.3 is 40.5 Å². The summed E-state index contributed by atoms with van der Waals surface area (Å²) in [6.07, 6.45) is -0.529. The molecule has 0 saturated carbocycles. The number of nitrogens with zero attached hydrogens (tertiary/aromatic N) is 4.